The number of nitrogens with one attached hydrogen (secondary N) is 1. The first-order chi connectivity index (χ1) is 15.8. The van der Waals surface area contributed by atoms with Crippen molar-refractivity contribution in [3.8, 4) is 5.75 Å². The molecule has 0 saturated heterocycles. The molecule has 0 atom stereocenters. The van der Waals surface area contributed by atoms with Crippen LogP contribution in [0.25, 0.3) is 11.0 Å². The van der Waals surface area contributed by atoms with E-state index in [-0.39, 0.29) is 11.6 Å². The fourth-order valence-electron chi connectivity index (χ4n) is 3.92. The number of carbonyl (C=O) groups is 1. The van der Waals surface area contributed by atoms with Crippen LogP contribution in [0.5, 0.6) is 5.75 Å². The first-order valence-corrected chi connectivity index (χ1v) is 12.8. The molecule has 3 aromatic rings. The molecule has 2 aromatic carbocycles. The fourth-order valence-corrected chi connectivity index (χ4v) is 4.46. The van der Waals surface area contributed by atoms with Gasteiger partial charge < -0.3 is 14.6 Å². The van der Waals surface area contributed by atoms with Gasteiger partial charge in [0, 0.05) is 24.8 Å². The molecule has 1 heterocycles. The van der Waals surface area contributed by atoms with Crippen molar-refractivity contribution in [2.75, 3.05) is 17.2 Å². The van der Waals surface area contributed by atoms with Gasteiger partial charge in [-0.05, 0) is 94.3 Å². The standard InChI is InChI=1S/C26H34N4O2S/c1-6-32-21-12-9-18(10-13-21)15-24-27-22-16-20(30(33-5)25(31)28-26(2,3)4)11-14-23(22)29(24)17-19-7-8-19/h9-14,16,19H,6-8,15,17H2,1-5H3,(H,28,31). The summed E-state index contributed by atoms with van der Waals surface area (Å²) < 4.78 is 9.64. The highest BCUT2D eigenvalue weighted by Gasteiger charge is 2.25. The minimum Gasteiger partial charge on any atom is -0.494 e. The van der Waals surface area contributed by atoms with Gasteiger partial charge in [0.1, 0.15) is 11.6 Å². The SMILES string of the molecule is CCOc1ccc(Cc2nc3cc(N(SC)C(=O)NC(C)(C)C)ccc3n2CC2CC2)cc1. The molecule has 4 rings (SSSR count). The third kappa shape index (κ3) is 5.82. The van der Waals surface area contributed by atoms with Crippen molar-refractivity contribution in [3.63, 3.8) is 0 Å². The number of hydrogen-bond acceptors (Lipinski definition) is 4. The van der Waals surface area contributed by atoms with Crippen molar-refractivity contribution in [2.24, 2.45) is 5.92 Å². The maximum Gasteiger partial charge on any atom is 0.332 e. The minimum absolute atomic E-state index is 0.124. The van der Waals surface area contributed by atoms with Crippen LogP contribution < -0.4 is 14.4 Å². The maximum atomic E-state index is 12.8. The minimum atomic E-state index is -0.300. The Kier molecular flexibility index (Phi) is 6.88. The van der Waals surface area contributed by atoms with E-state index in [2.05, 4.69) is 28.1 Å². The first kappa shape index (κ1) is 23.5. The van der Waals surface area contributed by atoms with Crippen LogP contribution in [0.4, 0.5) is 10.5 Å². The topological polar surface area (TPSA) is 59.4 Å². The Morgan fingerprint density at radius 2 is 1.94 bits per heavy atom. The molecule has 176 valence electrons. The van der Waals surface area contributed by atoms with Crippen molar-refractivity contribution >= 4 is 34.7 Å². The molecule has 1 aliphatic carbocycles. The molecule has 2 amide bonds. The van der Waals surface area contributed by atoms with Gasteiger partial charge in [0.05, 0.1) is 23.3 Å². The van der Waals surface area contributed by atoms with Crippen molar-refractivity contribution < 1.29 is 9.53 Å². The highest BCUT2D eigenvalue weighted by molar-refractivity contribution is 8.00. The molecule has 1 fully saturated rings. The molecule has 1 N–H and O–H groups in total. The summed E-state index contributed by atoms with van der Waals surface area (Å²) in [4.78, 5) is 17.8. The number of anilines is 1. The van der Waals surface area contributed by atoms with Gasteiger partial charge in [-0.25, -0.2) is 14.1 Å². The van der Waals surface area contributed by atoms with Crippen LogP contribution in [0.15, 0.2) is 42.5 Å². The fraction of sp³-hybridized carbons (Fsp3) is 0.462. The van der Waals surface area contributed by atoms with E-state index in [4.69, 9.17) is 9.72 Å². The van der Waals surface area contributed by atoms with Crippen molar-refractivity contribution in [3.05, 3.63) is 53.9 Å². The predicted molar refractivity (Wildman–Crippen MR) is 137 cm³/mol. The third-order valence-electron chi connectivity index (χ3n) is 5.63. The molecule has 33 heavy (non-hydrogen) atoms. The summed E-state index contributed by atoms with van der Waals surface area (Å²) in [5.74, 6) is 2.69. The number of hydrogen-bond donors (Lipinski definition) is 1. The molecule has 0 bridgehead atoms. The van der Waals surface area contributed by atoms with E-state index < -0.39 is 0 Å². The lowest BCUT2D eigenvalue weighted by molar-refractivity contribution is 0.241. The molecule has 0 spiro atoms. The van der Waals surface area contributed by atoms with Crippen molar-refractivity contribution in [1.29, 1.82) is 0 Å². The van der Waals surface area contributed by atoms with Gasteiger partial charge in [-0.3, -0.25) is 0 Å². The second kappa shape index (κ2) is 9.67. The summed E-state index contributed by atoms with van der Waals surface area (Å²) in [5, 5.41) is 3.04. The van der Waals surface area contributed by atoms with Crippen LogP contribution in [-0.2, 0) is 13.0 Å². The summed E-state index contributed by atoms with van der Waals surface area (Å²) >= 11 is 1.39. The summed E-state index contributed by atoms with van der Waals surface area (Å²) in [7, 11) is 0. The molecular weight excluding hydrogens is 432 g/mol. The second-order valence-electron chi connectivity index (χ2n) is 9.67. The largest absolute Gasteiger partial charge is 0.494 e. The second-order valence-corrected chi connectivity index (χ2v) is 10.4. The lowest BCUT2D eigenvalue weighted by Gasteiger charge is -2.26. The maximum absolute atomic E-state index is 12.8. The van der Waals surface area contributed by atoms with Crippen LogP contribution in [0.2, 0.25) is 0 Å². The number of amides is 2. The van der Waals surface area contributed by atoms with E-state index in [0.717, 1.165) is 47.2 Å². The number of ether oxygens (including phenoxy) is 1. The molecule has 0 radical (unpaired) electrons. The van der Waals surface area contributed by atoms with Crippen LogP contribution in [0.3, 0.4) is 0 Å². The van der Waals surface area contributed by atoms with Gasteiger partial charge in [0.25, 0.3) is 0 Å². The predicted octanol–water partition coefficient (Wildman–Crippen LogP) is 6.03. The van der Waals surface area contributed by atoms with Crippen molar-refractivity contribution in [1.82, 2.24) is 14.9 Å². The summed E-state index contributed by atoms with van der Waals surface area (Å²) in [5.41, 5.74) is 3.80. The van der Waals surface area contributed by atoms with E-state index in [1.807, 2.05) is 58.2 Å². The Labute approximate surface area is 200 Å². The molecule has 7 heteroatoms. The van der Waals surface area contributed by atoms with E-state index >= 15 is 0 Å². The number of urea groups is 1. The van der Waals surface area contributed by atoms with Gasteiger partial charge in [-0.15, -0.1) is 0 Å². The van der Waals surface area contributed by atoms with E-state index in [9.17, 15) is 4.79 Å². The summed E-state index contributed by atoms with van der Waals surface area (Å²) in [6.07, 6.45) is 5.25. The third-order valence-corrected chi connectivity index (χ3v) is 6.37. The number of rotatable bonds is 8. The first-order valence-electron chi connectivity index (χ1n) is 11.6. The number of nitrogens with zero attached hydrogens (tertiary/aromatic N) is 3. The molecule has 1 aromatic heterocycles. The Hall–Kier alpha value is -2.67. The Bertz CT molecular complexity index is 1110. The number of carbonyl (C=O) groups excluding carboxylic acids is 1. The Balaban J connectivity index is 1.64. The molecule has 0 aliphatic heterocycles. The van der Waals surface area contributed by atoms with Gasteiger partial charge in [-0.1, -0.05) is 12.1 Å². The van der Waals surface area contributed by atoms with Gasteiger partial charge in [-0.2, -0.15) is 0 Å². The van der Waals surface area contributed by atoms with E-state index in [1.165, 1.54) is 30.4 Å². The zero-order valence-electron chi connectivity index (χ0n) is 20.2. The molecule has 1 aliphatic rings. The molecular formula is C26H34N4O2S. The zero-order valence-corrected chi connectivity index (χ0v) is 21.0. The lowest BCUT2D eigenvalue weighted by atomic mass is 10.1. The number of benzene rings is 2. The van der Waals surface area contributed by atoms with E-state index in [1.54, 1.807) is 4.31 Å². The molecule has 0 unspecified atom stereocenters. The zero-order chi connectivity index (χ0) is 23.6. The number of imidazole rings is 1. The van der Waals surface area contributed by atoms with Gasteiger partial charge in [0.15, 0.2) is 0 Å². The average Bonchev–Trinajstić information content (AvgIpc) is 3.51. The van der Waals surface area contributed by atoms with Crippen LogP contribution in [0, 0.1) is 5.92 Å². The van der Waals surface area contributed by atoms with Crippen molar-refractivity contribution in [2.45, 2.75) is 59.0 Å². The molecule has 1 saturated carbocycles. The Morgan fingerprint density at radius 3 is 2.55 bits per heavy atom. The number of aromatic nitrogens is 2. The van der Waals surface area contributed by atoms with Crippen LogP contribution in [-0.4, -0.2) is 34.0 Å². The smallest absolute Gasteiger partial charge is 0.332 e. The summed E-state index contributed by atoms with van der Waals surface area (Å²) in [6, 6.07) is 14.3. The van der Waals surface area contributed by atoms with Crippen LogP contribution in [0.1, 0.15) is 51.9 Å². The highest BCUT2D eigenvalue weighted by Crippen LogP contribution is 2.34. The van der Waals surface area contributed by atoms with E-state index in [0.29, 0.717) is 6.61 Å². The monoisotopic (exact) mass is 466 g/mol. The highest BCUT2D eigenvalue weighted by atomic mass is 32.2. The summed E-state index contributed by atoms with van der Waals surface area (Å²) in [6.45, 7) is 9.62. The molecule has 6 nitrogen and oxygen atoms in total. The van der Waals surface area contributed by atoms with Gasteiger partial charge >= 0.3 is 6.03 Å². The van der Waals surface area contributed by atoms with Gasteiger partial charge in [0.2, 0.25) is 0 Å². The quantitative estimate of drug-likeness (QED) is 0.412. The average molecular weight is 467 g/mol. The Morgan fingerprint density at radius 1 is 1.21 bits per heavy atom. The number of fused-ring (bicyclic) bond motifs is 1. The lowest BCUT2D eigenvalue weighted by Crippen LogP contribution is -2.46. The van der Waals surface area contributed by atoms with Crippen LogP contribution >= 0.6 is 11.9 Å². The normalized spacial score (nSPS) is 13.8.